The van der Waals surface area contributed by atoms with Crippen molar-refractivity contribution in [2.75, 3.05) is 53.2 Å². The summed E-state index contributed by atoms with van der Waals surface area (Å²) in [5.74, 6) is 1.42. The average Bonchev–Trinajstić information content (AvgIpc) is 3.41. The minimum absolute atomic E-state index is 0.360. The fraction of sp³-hybridized carbons (Fsp3) is 0.412. The number of ether oxygens (including phenoxy) is 2. The smallest absolute Gasteiger partial charge is 0.228 e. The number of hydrogen-bond acceptors (Lipinski definition) is 6. The Hall–Kier alpha value is -3.43. The largest absolute Gasteiger partial charge is 0.497 e. The molecule has 6 rings (SSSR count). The van der Waals surface area contributed by atoms with E-state index in [1.165, 1.54) is 27.6 Å². The molecule has 3 heterocycles. The summed E-state index contributed by atoms with van der Waals surface area (Å²) in [6.45, 7) is 7.62. The molecule has 0 unspecified atom stereocenters. The van der Waals surface area contributed by atoms with Gasteiger partial charge in [0.25, 0.3) is 0 Å². The monoisotopic (exact) mass is 571 g/mol. The van der Waals surface area contributed by atoms with Crippen molar-refractivity contribution in [2.45, 2.75) is 38.5 Å². The van der Waals surface area contributed by atoms with E-state index in [1.54, 1.807) is 7.11 Å². The van der Waals surface area contributed by atoms with E-state index >= 15 is 0 Å². The van der Waals surface area contributed by atoms with Crippen LogP contribution >= 0.6 is 0 Å². The summed E-state index contributed by atoms with van der Waals surface area (Å²) < 4.78 is 25.9. The quantitative estimate of drug-likeness (QED) is 0.269. The van der Waals surface area contributed by atoms with Gasteiger partial charge in [0.1, 0.15) is 11.5 Å². The van der Waals surface area contributed by atoms with Crippen LogP contribution in [0.3, 0.4) is 0 Å². The maximum Gasteiger partial charge on any atom is 0.228 e. The van der Waals surface area contributed by atoms with Crippen LogP contribution in [0.4, 0.5) is 4.39 Å². The van der Waals surface area contributed by atoms with E-state index in [0.29, 0.717) is 18.3 Å². The van der Waals surface area contributed by atoms with E-state index in [4.69, 9.17) is 15.2 Å². The van der Waals surface area contributed by atoms with Crippen LogP contribution in [0.5, 0.6) is 11.5 Å². The van der Waals surface area contributed by atoms with Gasteiger partial charge in [-0.2, -0.15) is 0 Å². The lowest BCUT2D eigenvalue weighted by Gasteiger charge is -2.34. The summed E-state index contributed by atoms with van der Waals surface area (Å²) in [5, 5.41) is 4.74. The molecule has 3 N–H and O–H groups in total. The van der Waals surface area contributed by atoms with E-state index in [0.717, 1.165) is 82.1 Å². The van der Waals surface area contributed by atoms with Crippen molar-refractivity contribution >= 4 is 10.9 Å². The van der Waals surface area contributed by atoms with Gasteiger partial charge in [-0.1, -0.05) is 24.3 Å². The molecular weight excluding hydrogens is 529 g/mol. The van der Waals surface area contributed by atoms with Gasteiger partial charge in [-0.25, -0.2) is 4.39 Å². The number of aromatic nitrogens is 1. The topological polar surface area (TPSA) is 67.9 Å². The minimum Gasteiger partial charge on any atom is -0.497 e. The molecule has 7 nitrogen and oxygen atoms in total. The maximum atomic E-state index is 12.9. The van der Waals surface area contributed by atoms with Crippen LogP contribution in [0.1, 0.15) is 35.6 Å². The molecule has 0 radical (unpaired) electrons. The summed E-state index contributed by atoms with van der Waals surface area (Å²) in [7, 11) is 1.72. The lowest BCUT2D eigenvalue weighted by Crippen LogP contribution is -2.45. The number of piperazine rings is 1. The van der Waals surface area contributed by atoms with Gasteiger partial charge in [0.15, 0.2) is 0 Å². The number of rotatable bonds is 10. The third kappa shape index (κ3) is 6.32. The molecule has 1 aromatic heterocycles. The van der Waals surface area contributed by atoms with Crippen molar-refractivity contribution in [1.29, 1.82) is 0 Å². The SMILES string of the molecule is COc1cccc(CN2CCN(Cc3ccc4c(c3)c(-c3ccc(OCF)cc3CN)cn4C3CCNCC3)CC2)c1. The highest BCUT2D eigenvalue weighted by molar-refractivity contribution is 5.97. The van der Waals surface area contributed by atoms with Gasteiger partial charge < -0.3 is 25.1 Å². The van der Waals surface area contributed by atoms with Crippen molar-refractivity contribution in [3.8, 4) is 22.6 Å². The Morgan fingerprint density at radius 1 is 0.857 bits per heavy atom. The average molecular weight is 572 g/mol. The van der Waals surface area contributed by atoms with Crippen LogP contribution in [-0.4, -0.2) is 67.6 Å². The lowest BCUT2D eigenvalue weighted by atomic mass is 9.98. The molecule has 0 aliphatic carbocycles. The summed E-state index contributed by atoms with van der Waals surface area (Å²) in [5.41, 5.74) is 13.3. The molecule has 3 aromatic carbocycles. The van der Waals surface area contributed by atoms with Crippen molar-refractivity contribution in [1.82, 2.24) is 19.7 Å². The summed E-state index contributed by atoms with van der Waals surface area (Å²) >= 11 is 0. The normalized spacial score (nSPS) is 17.1. The third-order valence-corrected chi connectivity index (χ3v) is 8.82. The number of fused-ring (bicyclic) bond motifs is 1. The number of halogens is 1. The number of nitrogens with zero attached hydrogens (tertiary/aromatic N) is 3. The minimum atomic E-state index is -0.850. The van der Waals surface area contributed by atoms with Crippen LogP contribution < -0.4 is 20.5 Å². The Morgan fingerprint density at radius 3 is 2.29 bits per heavy atom. The Labute approximate surface area is 248 Å². The van der Waals surface area contributed by atoms with Crippen LogP contribution in [0.15, 0.2) is 66.9 Å². The standard InChI is InChI=1S/C34H42FN5O2/c1-41-29-4-2-3-25(17-29)21-38-13-15-39(16-14-38)22-26-5-8-34-32(18-26)33(23-40(34)28-9-11-37-12-10-28)31-7-6-30(42-24-35)19-27(31)20-36/h2-8,17-19,23,28,37H,9-16,20-22,24,36H2,1H3. The summed E-state index contributed by atoms with van der Waals surface area (Å²) in [4.78, 5) is 5.08. The molecule has 2 saturated heterocycles. The second-order valence-electron chi connectivity index (χ2n) is 11.5. The highest BCUT2D eigenvalue weighted by Crippen LogP contribution is 2.38. The number of nitrogens with one attached hydrogen (secondary N) is 1. The van der Waals surface area contributed by atoms with Gasteiger partial charge in [0.05, 0.1) is 7.11 Å². The molecule has 2 fully saturated rings. The van der Waals surface area contributed by atoms with Crippen molar-refractivity contribution < 1.29 is 13.9 Å². The number of nitrogens with two attached hydrogens (primary N) is 1. The number of piperidine rings is 1. The Balaban J connectivity index is 1.23. The molecular formula is C34H42FN5O2. The van der Waals surface area contributed by atoms with Crippen molar-refractivity contribution in [3.63, 3.8) is 0 Å². The number of hydrogen-bond donors (Lipinski definition) is 2. The van der Waals surface area contributed by atoms with Gasteiger partial charge in [-0.3, -0.25) is 9.80 Å². The molecule has 2 aliphatic rings. The molecule has 42 heavy (non-hydrogen) atoms. The Bertz CT molecular complexity index is 1490. The summed E-state index contributed by atoms with van der Waals surface area (Å²) in [6.07, 6.45) is 4.53. The van der Waals surface area contributed by atoms with Gasteiger partial charge in [0, 0.05) is 74.5 Å². The van der Waals surface area contributed by atoms with E-state index in [2.05, 4.69) is 62.3 Å². The van der Waals surface area contributed by atoms with E-state index in [-0.39, 0.29) is 0 Å². The van der Waals surface area contributed by atoms with Crippen LogP contribution in [-0.2, 0) is 19.6 Å². The molecule has 4 aromatic rings. The zero-order chi connectivity index (χ0) is 28.9. The first-order valence-electron chi connectivity index (χ1n) is 15.1. The summed E-state index contributed by atoms with van der Waals surface area (Å²) in [6, 6.07) is 21.6. The van der Waals surface area contributed by atoms with Crippen LogP contribution in [0, 0.1) is 0 Å². The lowest BCUT2D eigenvalue weighted by molar-refractivity contribution is 0.122. The van der Waals surface area contributed by atoms with Crippen molar-refractivity contribution in [3.05, 3.63) is 83.6 Å². The van der Waals surface area contributed by atoms with E-state index in [1.807, 2.05) is 24.3 Å². The fourth-order valence-corrected chi connectivity index (χ4v) is 6.55. The third-order valence-electron chi connectivity index (χ3n) is 8.82. The van der Waals surface area contributed by atoms with E-state index in [9.17, 15) is 4.39 Å². The molecule has 222 valence electrons. The first kappa shape index (κ1) is 28.7. The predicted molar refractivity (Wildman–Crippen MR) is 167 cm³/mol. The number of benzene rings is 3. The molecule has 0 spiro atoms. The second kappa shape index (κ2) is 13.3. The highest BCUT2D eigenvalue weighted by Gasteiger charge is 2.22. The van der Waals surface area contributed by atoms with Crippen LogP contribution in [0.2, 0.25) is 0 Å². The maximum absolute atomic E-state index is 12.9. The van der Waals surface area contributed by atoms with Gasteiger partial charge in [-0.05, 0) is 84.6 Å². The van der Waals surface area contributed by atoms with Gasteiger partial charge in [-0.15, -0.1) is 0 Å². The molecule has 2 aliphatic heterocycles. The Morgan fingerprint density at radius 2 is 1.60 bits per heavy atom. The molecule has 0 bridgehead atoms. The van der Waals surface area contributed by atoms with Gasteiger partial charge in [0.2, 0.25) is 6.86 Å². The first-order valence-corrected chi connectivity index (χ1v) is 15.1. The molecule has 0 amide bonds. The first-order chi connectivity index (χ1) is 20.6. The van der Waals surface area contributed by atoms with Gasteiger partial charge >= 0.3 is 0 Å². The zero-order valence-electron chi connectivity index (χ0n) is 24.5. The number of methoxy groups -OCH3 is 1. The molecule has 0 atom stereocenters. The van der Waals surface area contributed by atoms with Crippen LogP contribution in [0.25, 0.3) is 22.0 Å². The zero-order valence-corrected chi connectivity index (χ0v) is 24.5. The molecule has 0 saturated carbocycles. The molecule has 8 heteroatoms. The predicted octanol–water partition coefficient (Wildman–Crippen LogP) is 5.32. The van der Waals surface area contributed by atoms with E-state index < -0.39 is 6.86 Å². The second-order valence-corrected chi connectivity index (χ2v) is 11.5. The Kier molecular flexibility index (Phi) is 9.05. The fourth-order valence-electron chi connectivity index (χ4n) is 6.55. The highest BCUT2D eigenvalue weighted by atomic mass is 19.1. The van der Waals surface area contributed by atoms with Crippen molar-refractivity contribution in [2.24, 2.45) is 5.73 Å². The number of alkyl halides is 1.